The maximum Gasteiger partial charge on any atom is 0.182 e. The van der Waals surface area contributed by atoms with Gasteiger partial charge in [-0.3, -0.25) is 5.32 Å². The number of anilines is 2. The van der Waals surface area contributed by atoms with E-state index in [0.717, 1.165) is 31.7 Å². The highest BCUT2D eigenvalue weighted by atomic mass is 15.1. The van der Waals surface area contributed by atoms with E-state index in [1.54, 1.807) is 6.07 Å². The SMILES string of the molecule is CN1CCC(Nc2cc(NC#N)ncn2)CC1. The molecular weight excluding hydrogens is 216 g/mol. The molecule has 0 aliphatic carbocycles. The number of aromatic nitrogens is 2. The van der Waals surface area contributed by atoms with Crippen molar-refractivity contribution in [3.05, 3.63) is 12.4 Å². The minimum atomic E-state index is 0.455. The molecular formula is C11H16N6. The monoisotopic (exact) mass is 232 g/mol. The molecule has 1 aliphatic rings. The van der Waals surface area contributed by atoms with Crippen LogP contribution in [0, 0.1) is 11.5 Å². The van der Waals surface area contributed by atoms with Crippen molar-refractivity contribution in [3.63, 3.8) is 0 Å². The first-order chi connectivity index (χ1) is 8.28. The third kappa shape index (κ3) is 3.29. The fourth-order valence-electron chi connectivity index (χ4n) is 1.92. The van der Waals surface area contributed by atoms with Crippen LogP contribution >= 0.6 is 0 Å². The van der Waals surface area contributed by atoms with Crippen molar-refractivity contribution in [1.82, 2.24) is 14.9 Å². The molecule has 2 rings (SSSR count). The van der Waals surface area contributed by atoms with Crippen LogP contribution in [0.3, 0.4) is 0 Å². The number of nitrogens with one attached hydrogen (secondary N) is 2. The van der Waals surface area contributed by atoms with E-state index in [9.17, 15) is 0 Å². The average molecular weight is 232 g/mol. The Bertz CT molecular complexity index is 405. The minimum absolute atomic E-state index is 0.455. The van der Waals surface area contributed by atoms with Crippen LogP contribution in [0.5, 0.6) is 0 Å². The predicted octanol–water partition coefficient (Wildman–Crippen LogP) is 0.876. The lowest BCUT2D eigenvalue weighted by molar-refractivity contribution is 0.263. The highest BCUT2D eigenvalue weighted by Crippen LogP contribution is 2.15. The van der Waals surface area contributed by atoms with Crippen LogP contribution in [0.2, 0.25) is 0 Å². The van der Waals surface area contributed by atoms with Crippen molar-refractivity contribution in [2.24, 2.45) is 0 Å². The zero-order valence-electron chi connectivity index (χ0n) is 9.85. The largest absolute Gasteiger partial charge is 0.367 e. The molecule has 0 radical (unpaired) electrons. The van der Waals surface area contributed by atoms with Crippen molar-refractivity contribution in [2.75, 3.05) is 30.8 Å². The van der Waals surface area contributed by atoms with E-state index in [2.05, 4.69) is 32.5 Å². The van der Waals surface area contributed by atoms with Gasteiger partial charge in [0.2, 0.25) is 0 Å². The second-order valence-electron chi connectivity index (χ2n) is 4.25. The summed E-state index contributed by atoms with van der Waals surface area (Å²) in [7, 11) is 2.13. The third-order valence-corrected chi connectivity index (χ3v) is 2.92. The first-order valence-electron chi connectivity index (χ1n) is 5.70. The van der Waals surface area contributed by atoms with Crippen LogP contribution in [0.25, 0.3) is 0 Å². The fourth-order valence-corrected chi connectivity index (χ4v) is 1.92. The van der Waals surface area contributed by atoms with Crippen LogP contribution in [0.4, 0.5) is 11.6 Å². The Balaban J connectivity index is 1.94. The van der Waals surface area contributed by atoms with Gasteiger partial charge < -0.3 is 10.2 Å². The number of likely N-dealkylation sites (tertiary alicyclic amines) is 1. The minimum Gasteiger partial charge on any atom is -0.367 e. The number of piperidine rings is 1. The molecule has 1 aromatic rings. The standard InChI is InChI=1S/C11H16N6/c1-17-4-2-9(3-5-17)16-11-6-10(13-7-12)14-8-15-11/h6,8-9H,2-5H2,1H3,(H2,13,14,15,16). The molecule has 17 heavy (non-hydrogen) atoms. The molecule has 90 valence electrons. The molecule has 2 heterocycles. The summed E-state index contributed by atoms with van der Waals surface area (Å²) in [5.41, 5.74) is 0. The molecule has 0 aromatic carbocycles. The molecule has 2 N–H and O–H groups in total. The molecule has 0 unspecified atom stereocenters. The van der Waals surface area contributed by atoms with Crippen LogP contribution < -0.4 is 10.6 Å². The van der Waals surface area contributed by atoms with Gasteiger partial charge in [-0.2, -0.15) is 5.26 Å². The Hall–Kier alpha value is -1.87. The van der Waals surface area contributed by atoms with Crippen molar-refractivity contribution in [1.29, 1.82) is 5.26 Å². The summed E-state index contributed by atoms with van der Waals surface area (Å²) in [5, 5.41) is 14.4. The van der Waals surface area contributed by atoms with Crippen LogP contribution in [0.15, 0.2) is 12.4 Å². The van der Waals surface area contributed by atoms with Gasteiger partial charge in [0.15, 0.2) is 6.19 Å². The summed E-state index contributed by atoms with van der Waals surface area (Å²) in [6, 6.07) is 2.21. The smallest absolute Gasteiger partial charge is 0.182 e. The number of nitrogens with zero attached hydrogens (tertiary/aromatic N) is 4. The maximum atomic E-state index is 8.51. The van der Waals surface area contributed by atoms with Gasteiger partial charge in [-0.25, -0.2) is 9.97 Å². The van der Waals surface area contributed by atoms with Crippen LogP contribution in [-0.4, -0.2) is 41.0 Å². The Morgan fingerprint density at radius 2 is 2.06 bits per heavy atom. The van der Waals surface area contributed by atoms with Crippen LogP contribution in [-0.2, 0) is 0 Å². The maximum absolute atomic E-state index is 8.51. The lowest BCUT2D eigenvalue weighted by atomic mass is 10.1. The molecule has 6 heteroatoms. The molecule has 1 aliphatic heterocycles. The summed E-state index contributed by atoms with van der Waals surface area (Å²) in [6.45, 7) is 2.21. The summed E-state index contributed by atoms with van der Waals surface area (Å²) >= 11 is 0. The quantitative estimate of drug-likeness (QED) is 0.595. The third-order valence-electron chi connectivity index (χ3n) is 2.92. The normalized spacial score (nSPS) is 17.4. The molecule has 0 spiro atoms. The van der Waals surface area contributed by atoms with Gasteiger partial charge in [-0.15, -0.1) is 0 Å². The molecule has 6 nitrogen and oxygen atoms in total. The Labute approximate surface area is 101 Å². The second kappa shape index (κ2) is 5.46. The van der Waals surface area contributed by atoms with Gasteiger partial charge in [0.1, 0.15) is 18.0 Å². The van der Waals surface area contributed by atoms with Crippen molar-refractivity contribution in [2.45, 2.75) is 18.9 Å². The molecule has 0 atom stereocenters. The predicted molar refractivity (Wildman–Crippen MR) is 65.4 cm³/mol. The lowest BCUT2D eigenvalue weighted by Gasteiger charge is -2.29. The Morgan fingerprint density at radius 3 is 2.76 bits per heavy atom. The fraction of sp³-hybridized carbons (Fsp3) is 0.545. The molecule has 0 saturated carbocycles. The van der Waals surface area contributed by atoms with Gasteiger partial charge in [0.05, 0.1) is 0 Å². The summed E-state index contributed by atoms with van der Waals surface area (Å²) in [6.07, 6.45) is 5.53. The van der Waals surface area contributed by atoms with Crippen LogP contribution in [0.1, 0.15) is 12.8 Å². The summed E-state index contributed by atoms with van der Waals surface area (Å²) < 4.78 is 0. The molecule has 1 aromatic heterocycles. The van der Waals surface area contributed by atoms with E-state index in [4.69, 9.17) is 5.26 Å². The van der Waals surface area contributed by atoms with E-state index in [-0.39, 0.29) is 0 Å². The molecule has 1 saturated heterocycles. The van der Waals surface area contributed by atoms with Crippen molar-refractivity contribution < 1.29 is 0 Å². The van der Waals surface area contributed by atoms with Gasteiger partial charge in [0.25, 0.3) is 0 Å². The zero-order valence-corrected chi connectivity index (χ0v) is 9.85. The van der Waals surface area contributed by atoms with Crippen molar-refractivity contribution >= 4 is 11.6 Å². The lowest BCUT2D eigenvalue weighted by Crippen LogP contribution is -2.36. The van der Waals surface area contributed by atoms with Gasteiger partial charge in [-0.1, -0.05) is 0 Å². The van der Waals surface area contributed by atoms with Gasteiger partial charge in [-0.05, 0) is 33.0 Å². The van der Waals surface area contributed by atoms with E-state index in [0.29, 0.717) is 11.9 Å². The molecule has 0 amide bonds. The number of hydrogen-bond acceptors (Lipinski definition) is 6. The molecule has 0 bridgehead atoms. The topological polar surface area (TPSA) is 76.9 Å². The van der Waals surface area contributed by atoms with Gasteiger partial charge in [0, 0.05) is 12.1 Å². The highest BCUT2D eigenvalue weighted by molar-refractivity contribution is 5.48. The first kappa shape index (κ1) is 11.6. The van der Waals surface area contributed by atoms with E-state index in [1.807, 2.05) is 6.19 Å². The van der Waals surface area contributed by atoms with E-state index in [1.165, 1.54) is 6.33 Å². The van der Waals surface area contributed by atoms with E-state index >= 15 is 0 Å². The number of hydrogen-bond donors (Lipinski definition) is 2. The average Bonchev–Trinajstić information content (AvgIpc) is 2.33. The van der Waals surface area contributed by atoms with E-state index < -0.39 is 0 Å². The van der Waals surface area contributed by atoms with Gasteiger partial charge >= 0.3 is 0 Å². The van der Waals surface area contributed by atoms with Crippen molar-refractivity contribution in [3.8, 4) is 6.19 Å². The zero-order chi connectivity index (χ0) is 12.1. The summed E-state index contributed by atoms with van der Waals surface area (Å²) in [4.78, 5) is 10.4. The molecule has 1 fully saturated rings. The highest BCUT2D eigenvalue weighted by Gasteiger charge is 2.16. The Morgan fingerprint density at radius 1 is 1.35 bits per heavy atom. The number of rotatable bonds is 3. The Kier molecular flexibility index (Phi) is 3.73. The second-order valence-corrected chi connectivity index (χ2v) is 4.25. The number of nitriles is 1. The summed E-state index contributed by atoms with van der Waals surface area (Å²) in [5.74, 6) is 1.30. The first-order valence-corrected chi connectivity index (χ1v) is 5.70.